The molecule has 0 atom stereocenters. The molecule has 0 saturated heterocycles. The summed E-state index contributed by atoms with van der Waals surface area (Å²) < 4.78 is 5.80. The highest BCUT2D eigenvalue weighted by atomic mass is 16.7. The first-order chi connectivity index (χ1) is 12.0. The zero-order valence-electron chi connectivity index (χ0n) is 14.9. The van der Waals surface area contributed by atoms with Crippen molar-refractivity contribution in [1.82, 2.24) is 0 Å². The van der Waals surface area contributed by atoms with E-state index >= 15 is 0 Å². The van der Waals surface area contributed by atoms with E-state index in [-0.39, 0.29) is 18.1 Å². The van der Waals surface area contributed by atoms with Crippen molar-refractivity contribution in [3.63, 3.8) is 0 Å². The third-order valence-corrected chi connectivity index (χ3v) is 4.52. The van der Waals surface area contributed by atoms with Crippen molar-refractivity contribution in [2.24, 2.45) is 11.1 Å². The quantitative estimate of drug-likeness (QED) is 0.621. The number of nitrogens with zero attached hydrogens (tertiary/aromatic N) is 1. The van der Waals surface area contributed by atoms with Gasteiger partial charge in [-0.1, -0.05) is 37.2 Å². The Hall–Kier alpha value is -2.43. The number of hydrogen-bond donors (Lipinski definition) is 0. The zero-order chi connectivity index (χ0) is 18.0. The Morgan fingerprint density at radius 2 is 2.12 bits per heavy atom. The number of carbonyl (C=O) groups excluding carboxylic acids is 2. The van der Waals surface area contributed by atoms with Crippen LogP contribution in [0.5, 0.6) is 0 Å². The van der Waals surface area contributed by atoms with Gasteiger partial charge in [0.2, 0.25) is 5.78 Å². The fourth-order valence-corrected chi connectivity index (χ4v) is 3.17. The van der Waals surface area contributed by atoms with Crippen LogP contribution in [0.4, 0.5) is 0 Å². The summed E-state index contributed by atoms with van der Waals surface area (Å²) in [6.45, 7) is 5.73. The minimum absolute atomic E-state index is 0.0273. The Labute approximate surface area is 147 Å². The topological polar surface area (TPSA) is 65.0 Å². The largest absolute Gasteiger partial charge is 0.486 e. The van der Waals surface area contributed by atoms with Crippen LogP contribution < -0.4 is 0 Å². The van der Waals surface area contributed by atoms with E-state index in [4.69, 9.17) is 4.74 Å². The number of ether oxygens (including phenoxy) is 1. The van der Waals surface area contributed by atoms with Crippen LogP contribution in [0.1, 0.15) is 50.3 Å². The lowest BCUT2D eigenvalue weighted by Crippen LogP contribution is -2.30. The molecule has 0 N–H and O–H groups in total. The maximum atomic E-state index is 12.6. The molecule has 1 aliphatic heterocycles. The van der Waals surface area contributed by atoms with Crippen LogP contribution in [-0.2, 0) is 32.0 Å². The van der Waals surface area contributed by atoms with Crippen molar-refractivity contribution in [2.45, 2.75) is 46.5 Å². The van der Waals surface area contributed by atoms with E-state index in [9.17, 15) is 9.59 Å². The van der Waals surface area contributed by atoms with Gasteiger partial charge in [-0.15, -0.1) is 0 Å². The molecule has 0 bridgehead atoms. The molecule has 132 valence electrons. The average molecular weight is 341 g/mol. The van der Waals surface area contributed by atoms with Gasteiger partial charge in [0.15, 0.2) is 5.71 Å². The third-order valence-electron chi connectivity index (χ3n) is 4.52. The molecule has 0 amide bonds. The number of ketones is 1. The highest BCUT2D eigenvalue weighted by molar-refractivity contribution is 6.48. The lowest BCUT2D eigenvalue weighted by molar-refractivity contribution is -0.141. The summed E-state index contributed by atoms with van der Waals surface area (Å²) in [6.07, 6.45) is 3.65. The first-order valence-electron chi connectivity index (χ1n) is 8.73. The molecule has 5 heteroatoms. The summed E-state index contributed by atoms with van der Waals surface area (Å²) in [7, 11) is 0. The Morgan fingerprint density at radius 1 is 1.32 bits per heavy atom. The molecule has 0 radical (unpaired) electrons. The number of rotatable bonds is 4. The number of carbonyl (C=O) groups is 2. The van der Waals surface area contributed by atoms with E-state index in [1.54, 1.807) is 0 Å². The first kappa shape index (κ1) is 17.4. The Bertz CT molecular complexity index is 774. The van der Waals surface area contributed by atoms with E-state index in [1.165, 1.54) is 18.1 Å². The molecule has 0 fully saturated rings. The molecule has 1 heterocycles. The van der Waals surface area contributed by atoms with E-state index in [0.29, 0.717) is 23.7 Å². The summed E-state index contributed by atoms with van der Waals surface area (Å²) in [6, 6.07) is 6.41. The summed E-state index contributed by atoms with van der Waals surface area (Å²) >= 11 is 0. The molecule has 0 unspecified atom stereocenters. The maximum Gasteiger partial charge on any atom is 0.331 e. The van der Waals surface area contributed by atoms with Crippen molar-refractivity contribution in [3.05, 3.63) is 40.5 Å². The number of Topliss-reactive ketones (excluding diaryl/α,β-unsaturated/α-hetero) is 1. The van der Waals surface area contributed by atoms with Gasteiger partial charge in [-0.2, -0.15) is 0 Å². The number of oxime groups is 1. The fourth-order valence-electron chi connectivity index (χ4n) is 3.17. The number of benzene rings is 1. The summed E-state index contributed by atoms with van der Waals surface area (Å²) in [4.78, 5) is 28.0. The normalized spacial score (nSPS) is 18.1. The Kier molecular flexibility index (Phi) is 5.02. The van der Waals surface area contributed by atoms with Crippen LogP contribution >= 0.6 is 0 Å². The van der Waals surface area contributed by atoms with Gasteiger partial charge < -0.3 is 9.57 Å². The van der Waals surface area contributed by atoms with Gasteiger partial charge in [-0.25, -0.2) is 4.79 Å². The fraction of sp³-hybridized carbons (Fsp3) is 0.450. The minimum Gasteiger partial charge on any atom is -0.486 e. The van der Waals surface area contributed by atoms with Crippen LogP contribution in [0, 0.1) is 5.92 Å². The van der Waals surface area contributed by atoms with E-state index in [2.05, 4.69) is 42.0 Å². The van der Waals surface area contributed by atoms with Crippen LogP contribution in [0.25, 0.3) is 5.76 Å². The van der Waals surface area contributed by atoms with Gasteiger partial charge in [0.05, 0.1) is 0 Å². The second kappa shape index (κ2) is 7.21. The highest BCUT2D eigenvalue weighted by Gasteiger charge is 2.32. The first-order valence-corrected chi connectivity index (χ1v) is 8.73. The van der Waals surface area contributed by atoms with E-state index < -0.39 is 5.97 Å². The van der Waals surface area contributed by atoms with Gasteiger partial charge in [-0.3, -0.25) is 4.79 Å². The molecular weight excluding hydrogens is 318 g/mol. The molecule has 2 aliphatic rings. The second-order valence-corrected chi connectivity index (χ2v) is 6.97. The van der Waals surface area contributed by atoms with Crippen LogP contribution in [0.2, 0.25) is 0 Å². The van der Waals surface area contributed by atoms with Crippen molar-refractivity contribution in [3.8, 4) is 0 Å². The van der Waals surface area contributed by atoms with E-state index in [0.717, 1.165) is 24.8 Å². The summed E-state index contributed by atoms with van der Waals surface area (Å²) in [5, 5.41) is 3.62. The zero-order valence-corrected chi connectivity index (χ0v) is 14.9. The van der Waals surface area contributed by atoms with Crippen molar-refractivity contribution >= 4 is 23.2 Å². The van der Waals surface area contributed by atoms with Gasteiger partial charge in [0.25, 0.3) is 0 Å². The van der Waals surface area contributed by atoms with E-state index in [1.807, 2.05) is 0 Å². The Balaban J connectivity index is 1.85. The predicted octanol–water partition coefficient (Wildman–Crippen LogP) is 3.45. The molecule has 5 nitrogen and oxygen atoms in total. The molecule has 1 aromatic rings. The molecule has 0 aromatic heterocycles. The third kappa shape index (κ3) is 3.81. The van der Waals surface area contributed by atoms with Crippen molar-refractivity contribution in [2.75, 3.05) is 6.61 Å². The highest BCUT2D eigenvalue weighted by Crippen LogP contribution is 2.35. The monoisotopic (exact) mass is 341 g/mol. The van der Waals surface area contributed by atoms with Crippen molar-refractivity contribution in [1.29, 1.82) is 0 Å². The Morgan fingerprint density at radius 3 is 2.84 bits per heavy atom. The number of aryl methyl sites for hydroxylation is 2. The summed E-state index contributed by atoms with van der Waals surface area (Å²) in [5.41, 5.74) is 4.32. The SMILES string of the molecule is CC(=O)O/N=C1\COC2=C(CCc3cc(CCC(C)C)ccc32)C1=O. The lowest BCUT2D eigenvalue weighted by atomic mass is 9.85. The molecule has 0 spiro atoms. The molecule has 25 heavy (non-hydrogen) atoms. The minimum atomic E-state index is -0.553. The smallest absolute Gasteiger partial charge is 0.331 e. The number of allylic oxidation sites excluding steroid dienone is 1. The second-order valence-electron chi connectivity index (χ2n) is 6.97. The molecule has 1 aromatic carbocycles. The lowest BCUT2D eigenvalue weighted by Gasteiger charge is -2.27. The number of fused-ring (bicyclic) bond motifs is 2. The van der Waals surface area contributed by atoms with Gasteiger partial charge in [0.1, 0.15) is 12.4 Å². The molecule has 1 aliphatic carbocycles. The van der Waals surface area contributed by atoms with Crippen molar-refractivity contribution < 1.29 is 19.2 Å². The molecule has 3 rings (SSSR count). The molecule has 0 saturated carbocycles. The average Bonchev–Trinajstić information content (AvgIpc) is 2.58. The standard InChI is InChI=1S/C20H23NO4/c1-12(2)4-5-14-6-8-16-15(10-14)7-9-17-19(23)18(11-24-20(16)17)21-25-13(3)22/h6,8,10,12H,4-5,7,9,11H2,1-3H3/b21-18+. The number of hydrogen-bond acceptors (Lipinski definition) is 5. The van der Waals surface area contributed by atoms with Gasteiger partial charge >= 0.3 is 5.97 Å². The van der Waals surface area contributed by atoms with Crippen LogP contribution in [-0.4, -0.2) is 24.1 Å². The van der Waals surface area contributed by atoms with Gasteiger partial charge in [0, 0.05) is 18.1 Å². The maximum absolute atomic E-state index is 12.6. The predicted molar refractivity (Wildman–Crippen MR) is 95.0 cm³/mol. The van der Waals surface area contributed by atoms with Gasteiger partial charge in [-0.05, 0) is 42.7 Å². The van der Waals surface area contributed by atoms with Crippen LogP contribution in [0.15, 0.2) is 28.9 Å². The summed E-state index contributed by atoms with van der Waals surface area (Å²) in [5.74, 6) is 0.600. The molecular formula is C20H23NO4. The van der Waals surface area contributed by atoms with Crippen LogP contribution in [0.3, 0.4) is 0 Å².